The van der Waals surface area contributed by atoms with E-state index in [0.29, 0.717) is 12.4 Å². The Balaban J connectivity index is 1.22. The average Bonchev–Trinajstić information content (AvgIpc) is 3.38. The Morgan fingerprint density at radius 2 is 1.71 bits per heavy atom. The maximum absolute atomic E-state index is 6.08. The van der Waals surface area contributed by atoms with Crippen LogP contribution in [0.25, 0.3) is 10.8 Å². The van der Waals surface area contributed by atoms with Crippen molar-refractivity contribution in [2.75, 3.05) is 11.1 Å². The fraction of sp³-hybridized carbons (Fsp3) is 0.214. The lowest BCUT2D eigenvalue weighted by molar-refractivity contribution is 0.686. The molecule has 0 saturated heterocycles. The third-order valence-corrected chi connectivity index (χ3v) is 6.48. The molecule has 176 valence electrons. The Hall–Kier alpha value is -4.26. The molecule has 0 bridgehead atoms. The molecule has 7 nitrogen and oxygen atoms in total. The van der Waals surface area contributed by atoms with Gasteiger partial charge in [0.25, 0.3) is 0 Å². The van der Waals surface area contributed by atoms with Gasteiger partial charge in [0.15, 0.2) is 0 Å². The minimum atomic E-state index is 0.571. The second-order valence-electron chi connectivity index (χ2n) is 8.86. The van der Waals surface area contributed by atoms with E-state index in [1.807, 2.05) is 29.1 Å². The first-order valence-corrected chi connectivity index (χ1v) is 11.8. The number of hydrogen-bond acceptors (Lipinski definition) is 6. The van der Waals surface area contributed by atoms with Crippen LogP contribution in [0, 0.1) is 13.8 Å². The van der Waals surface area contributed by atoms with E-state index in [1.165, 1.54) is 27.8 Å². The van der Waals surface area contributed by atoms with Crippen LogP contribution >= 0.6 is 0 Å². The molecular formula is C28H29N7. The number of pyridine rings is 1. The monoisotopic (exact) mass is 463 g/mol. The van der Waals surface area contributed by atoms with Crippen molar-refractivity contribution in [1.29, 1.82) is 0 Å². The van der Waals surface area contributed by atoms with Gasteiger partial charge in [-0.25, -0.2) is 15.0 Å². The van der Waals surface area contributed by atoms with E-state index < -0.39 is 0 Å². The predicted octanol–water partition coefficient (Wildman–Crippen LogP) is 4.87. The maximum atomic E-state index is 6.08. The normalized spacial score (nSPS) is 11.1. The summed E-state index contributed by atoms with van der Waals surface area (Å²) in [5.74, 6) is 1.40. The zero-order chi connectivity index (χ0) is 24.2. The highest BCUT2D eigenvalue weighted by atomic mass is 15.3. The molecule has 5 aromatic rings. The molecule has 0 unspecified atom stereocenters. The molecule has 0 aliphatic heterocycles. The van der Waals surface area contributed by atoms with E-state index in [9.17, 15) is 0 Å². The van der Waals surface area contributed by atoms with E-state index in [-0.39, 0.29) is 0 Å². The SMILES string of the molecule is Cc1cc2c(N)nccc2c(C)c1CNc1cc(CCc2ccc(Cn3cccn3)cc2)ncn1. The Morgan fingerprint density at radius 3 is 2.51 bits per heavy atom. The molecule has 3 aromatic heterocycles. The van der Waals surface area contributed by atoms with Crippen molar-refractivity contribution in [3.05, 3.63) is 107 Å². The topological polar surface area (TPSA) is 94.5 Å². The standard InChI is InChI=1S/C28H29N7/c1-19-14-25-24(10-12-30-28(25)29)20(2)26(19)16-31-27-15-23(32-18-33-27)9-8-21-4-6-22(7-5-21)17-35-13-3-11-34-35/h3-7,10-15,18H,8-9,16-17H2,1-2H3,(H2,29,30)(H,31,32,33). The van der Waals surface area contributed by atoms with Gasteiger partial charge in [-0.1, -0.05) is 24.3 Å². The third-order valence-electron chi connectivity index (χ3n) is 6.48. The number of nitrogens with zero attached hydrogens (tertiary/aromatic N) is 5. The molecule has 2 aromatic carbocycles. The van der Waals surface area contributed by atoms with Crippen LogP contribution in [0.5, 0.6) is 0 Å². The molecule has 0 fully saturated rings. The summed E-state index contributed by atoms with van der Waals surface area (Å²) in [6, 6.07) is 16.8. The minimum absolute atomic E-state index is 0.571. The van der Waals surface area contributed by atoms with Crippen LogP contribution in [-0.4, -0.2) is 24.7 Å². The second-order valence-corrected chi connectivity index (χ2v) is 8.86. The molecule has 35 heavy (non-hydrogen) atoms. The summed E-state index contributed by atoms with van der Waals surface area (Å²) in [6.45, 7) is 5.72. The lowest BCUT2D eigenvalue weighted by atomic mass is 9.96. The maximum Gasteiger partial charge on any atom is 0.131 e. The number of aromatic nitrogens is 5. The van der Waals surface area contributed by atoms with Crippen molar-refractivity contribution in [2.45, 2.75) is 39.8 Å². The van der Waals surface area contributed by atoms with Crippen LogP contribution in [0.3, 0.4) is 0 Å². The molecule has 0 saturated carbocycles. The van der Waals surface area contributed by atoms with Crippen molar-refractivity contribution < 1.29 is 0 Å². The number of fused-ring (bicyclic) bond motifs is 1. The molecule has 0 atom stereocenters. The number of nitrogens with two attached hydrogens (primary N) is 1. The molecule has 0 radical (unpaired) electrons. The van der Waals surface area contributed by atoms with Crippen molar-refractivity contribution in [1.82, 2.24) is 24.7 Å². The quantitative estimate of drug-likeness (QED) is 0.341. The van der Waals surface area contributed by atoms with Gasteiger partial charge >= 0.3 is 0 Å². The molecular weight excluding hydrogens is 434 g/mol. The summed E-state index contributed by atoms with van der Waals surface area (Å²) in [4.78, 5) is 13.1. The first-order valence-electron chi connectivity index (χ1n) is 11.8. The van der Waals surface area contributed by atoms with Crippen LogP contribution in [0.1, 0.15) is 33.5 Å². The zero-order valence-electron chi connectivity index (χ0n) is 20.1. The highest BCUT2D eigenvalue weighted by molar-refractivity contribution is 5.94. The second kappa shape index (κ2) is 9.93. The number of nitrogens with one attached hydrogen (secondary N) is 1. The molecule has 0 amide bonds. The van der Waals surface area contributed by atoms with Crippen molar-refractivity contribution >= 4 is 22.4 Å². The summed E-state index contributed by atoms with van der Waals surface area (Å²) in [5, 5.41) is 9.89. The van der Waals surface area contributed by atoms with Gasteiger partial charge in [-0.2, -0.15) is 5.10 Å². The van der Waals surface area contributed by atoms with Crippen LogP contribution in [-0.2, 0) is 25.9 Å². The molecule has 0 aliphatic carbocycles. The molecule has 5 rings (SSSR count). The molecule has 7 heteroatoms. The number of anilines is 2. The largest absolute Gasteiger partial charge is 0.383 e. The van der Waals surface area contributed by atoms with E-state index in [2.05, 4.69) is 69.5 Å². The summed E-state index contributed by atoms with van der Waals surface area (Å²) < 4.78 is 1.93. The number of benzene rings is 2. The minimum Gasteiger partial charge on any atom is -0.383 e. The Morgan fingerprint density at radius 1 is 0.886 bits per heavy atom. The first-order chi connectivity index (χ1) is 17.1. The van der Waals surface area contributed by atoms with Crippen LogP contribution in [0.2, 0.25) is 0 Å². The van der Waals surface area contributed by atoms with E-state index in [4.69, 9.17) is 5.73 Å². The van der Waals surface area contributed by atoms with Gasteiger partial charge in [-0.05, 0) is 78.1 Å². The van der Waals surface area contributed by atoms with Gasteiger partial charge in [-0.15, -0.1) is 0 Å². The van der Waals surface area contributed by atoms with Gasteiger partial charge in [0.1, 0.15) is 18.0 Å². The Kier molecular flexibility index (Phi) is 6.39. The Bertz CT molecular complexity index is 1440. The average molecular weight is 464 g/mol. The van der Waals surface area contributed by atoms with Gasteiger partial charge in [0.05, 0.1) is 6.54 Å². The van der Waals surface area contributed by atoms with Crippen molar-refractivity contribution in [3.63, 3.8) is 0 Å². The van der Waals surface area contributed by atoms with Crippen molar-refractivity contribution in [3.8, 4) is 0 Å². The van der Waals surface area contributed by atoms with Crippen molar-refractivity contribution in [2.24, 2.45) is 0 Å². The fourth-order valence-corrected chi connectivity index (χ4v) is 4.48. The number of nitrogen functional groups attached to an aromatic ring is 1. The number of aryl methyl sites for hydroxylation is 4. The van der Waals surface area contributed by atoms with E-state index in [1.54, 1.807) is 18.7 Å². The predicted molar refractivity (Wildman–Crippen MR) is 140 cm³/mol. The highest BCUT2D eigenvalue weighted by Gasteiger charge is 2.10. The lowest BCUT2D eigenvalue weighted by Gasteiger charge is -2.15. The highest BCUT2D eigenvalue weighted by Crippen LogP contribution is 2.28. The molecule has 3 N–H and O–H groups in total. The summed E-state index contributed by atoms with van der Waals surface area (Å²) >= 11 is 0. The van der Waals surface area contributed by atoms with Crippen LogP contribution in [0.4, 0.5) is 11.6 Å². The molecule has 0 aliphatic rings. The van der Waals surface area contributed by atoms with E-state index in [0.717, 1.165) is 41.7 Å². The van der Waals surface area contributed by atoms with Crippen LogP contribution in [0.15, 0.2) is 73.4 Å². The van der Waals surface area contributed by atoms with Gasteiger partial charge in [-0.3, -0.25) is 4.68 Å². The van der Waals surface area contributed by atoms with Gasteiger partial charge < -0.3 is 11.1 Å². The van der Waals surface area contributed by atoms with Crippen LogP contribution < -0.4 is 11.1 Å². The number of hydrogen-bond donors (Lipinski definition) is 2. The third kappa shape index (κ3) is 5.14. The smallest absolute Gasteiger partial charge is 0.131 e. The van der Waals surface area contributed by atoms with E-state index >= 15 is 0 Å². The summed E-state index contributed by atoms with van der Waals surface area (Å²) in [7, 11) is 0. The molecule has 0 spiro atoms. The summed E-state index contributed by atoms with van der Waals surface area (Å²) in [6.07, 6.45) is 8.97. The van der Waals surface area contributed by atoms with Gasteiger partial charge in [0, 0.05) is 42.3 Å². The molecule has 3 heterocycles. The lowest BCUT2D eigenvalue weighted by Crippen LogP contribution is -2.07. The fourth-order valence-electron chi connectivity index (χ4n) is 4.48. The zero-order valence-corrected chi connectivity index (χ0v) is 20.1. The van der Waals surface area contributed by atoms with Gasteiger partial charge in [0.2, 0.25) is 0 Å². The Labute approximate surface area is 205 Å². The summed E-state index contributed by atoms with van der Waals surface area (Å²) in [5.41, 5.74) is 13.3. The number of rotatable bonds is 8. The first kappa shape index (κ1) is 22.5.